The molecule has 0 bridgehead atoms. The van der Waals surface area contributed by atoms with E-state index in [9.17, 15) is 14.4 Å². The lowest BCUT2D eigenvalue weighted by molar-refractivity contribution is 0.0600. The molecule has 1 aromatic carbocycles. The molecule has 0 saturated carbocycles. The number of pyridine rings is 1. The Hall–Kier alpha value is -3.09. The second-order valence-electron chi connectivity index (χ2n) is 4.30. The molecule has 0 fully saturated rings. The van der Waals surface area contributed by atoms with Crippen LogP contribution in [0.15, 0.2) is 41.3 Å². The Morgan fingerprint density at radius 2 is 1.82 bits per heavy atom. The molecule has 2 N–H and O–H groups in total. The van der Waals surface area contributed by atoms with E-state index in [1.54, 1.807) is 12.1 Å². The van der Waals surface area contributed by atoms with Crippen LogP contribution < -0.4 is 15.5 Å². The Bertz CT molecular complexity index is 749. The highest BCUT2D eigenvalue weighted by atomic mass is 16.5. The van der Waals surface area contributed by atoms with Crippen molar-refractivity contribution in [1.82, 2.24) is 4.98 Å². The smallest absolute Gasteiger partial charge is 0.337 e. The minimum Gasteiger partial charge on any atom is -0.491 e. The first-order valence-electron chi connectivity index (χ1n) is 6.31. The van der Waals surface area contributed by atoms with Crippen LogP contribution in [-0.4, -0.2) is 31.1 Å². The zero-order chi connectivity index (χ0) is 16.1. The van der Waals surface area contributed by atoms with Gasteiger partial charge in [-0.15, -0.1) is 0 Å². The lowest BCUT2D eigenvalue weighted by atomic mass is 10.2. The maximum atomic E-state index is 12.0. The van der Waals surface area contributed by atoms with E-state index in [-0.39, 0.29) is 11.4 Å². The normalized spacial score (nSPS) is 9.91. The van der Waals surface area contributed by atoms with Crippen LogP contribution >= 0.6 is 0 Å². The van der Waals surface area contributed by atoms with Gasteiger partial charge in [-0.2, -0.15) is 0 Å². The third kappa shape index (κ3) is 3.32. The number of ether oxygens (including phenoxy) is 2. The number of aromatic amines is 1. The number of rotatable bonds is 4. The fraction of sp³-hybridized carbons (Fsp3) is 0.133. The molecule has 0 radical (unpaired) electrons. The molecular weight excluding hydrogens is 288 g/mol. The van der Waals surface area contributed by atoms with Crippen LogP contribution in [0, 0.1) is 0 Å². The number of benzene rings is 1. The first-order chi connectivity index (χ1) is 10.5. The van der Waals surface area contributed by atoms with Gasteiger partial charge in [-0.05, 0) is 24.3 Å². The van der Waals surface area contributed by atoms with Crippen molar-refractivity contribution in [2.24, 2.45) is 0 Å². The highest BCUT2D eigenvalue weighted by Gasteiger charge is 2.10. The molecule has 0 saturated heterocycles. The monoisotopic (exact) mass is 302 g/mol. The molecule has 7 heteroatoms. The Labute approximate surface area is 125 Å². The molecule has 0 aliphatic carbocycles. The number of methoxy groups -OCH3 is 2. The molecule has 2 rings (SSSR count). The van der Waals surface area contributed by atoms with Gasteiger partial charge in [0.15, 0.2) is 5.75 Å². The Balaban J connectivity index is 2.13. The highest BCUT2D eigenvalue weighted by Crippen LogP contribution is 2.11. The molecule has 0 aliphatic heterocycles. The van der Waals surface area contributed by atoms with E-state index in [2.05, 4.69) is 15.0 Å². The van der Waals surface area contributed by atoms with E-state index < -0.39 is 17.3 Å². The number of aromatic nitrogens is 1. The van der Waals surface area contributed by atoms with Gasteiger partial charge < -0.3 is 19.8 Å². The summed E-state index contributed by atoms with van der Waals surface area (Å²) < 4.78 is 9.41. The zero-order valence-electron chi connectivity index (χ0n) is 12.0. The van der Waals surface area contributed by atoms with Crippen LogP contribution in [-0.2, 0) is 4.74 Å². The van der Waals surface area contributed by atoms with Gasteiger partial charge in [-0.3, -0.25) is 9.59 Å². The number of esters is 1. The Morgan fingerprint density at radius 3 is 2.36 bits per heavy atom. The third-order valence-corrected chi connectivity index (χ3v) is 2.91. The second kappa shape index (κ2) is 6.57. The summed E-state index contributed by atoms with van der Waals surface area (Å²) >= 11 is 0. The Kier molecular flexibility index (Phi) is 4.57. The molecule has 2 aromatic rings. The van der Waals surface area contributed by atoms with Crippen molar-refractivity contribution in [3.8, 4) is 5.75 Å². The van der Waals surface area contributed by atoms with Crippen molar-refractivity contribution in [2.75, 3.05) is 19.5 Å². The number of amides is 1. The van der Waals surface area contributed by atoms with Crippen molar-refractivity contribution in [2.45, 2.75) is 0 Å². The molecule has 114 valence electrons. The highest BCUT2D eigenvalue weighted by molar-refractivity contribution is 6.03. The van der Waals surface area contributed by atoms with E-state index in [4.69, 9.17) is 4.74 Å². The molecular formula is C15H14N2O5. The number of carbonyl (C=O) groups is 2. The topological polar surface area (TPSA) is 97.5 Å². The first kappa shape index (κ1) is 15.3. The summed E-state index contributed by atoms with van der Waals surface area (Å²) in [7, 11) is 2.66. The predicted molar refractivity (Wildman–Crippen MR) is 79.3 cm³/mol. The fourth-order valence-electron chi connectivity index (χ4n) is 1.75. The maximum absolute atomic E-state index is 12.0. The van der Waals surface area contributed by atoms with Gasteiger partial charge in [-0.1, -0.05) is 0 Å². The predicted octanol–water partition coefficient (Wildman–Crippen LogP) is 1.42. The summed E-state index contributed by atoms with van der Waals surface area (Å²) in [5, 5.41) is 2.61. The lowest BCUT2D eigenvalue weighted by Crippen LogP contribution is -2.17. The van der Waals surface area contributed by atoms with Gasteiger partial charge in [-0.25, -0.2) is 4.79 Å². The second-order valence-corrected chi connectivity index (χ2v) is 4.30. The van der Waals surface area contributed by atoms with Crippen LogP contribution in [0.1, 0.15) is 20.8 Å². The third-order valence-electron chi connectivity index (χ3n) is 2.91. The number of H-pyrrole nitrogens is 1. The average Bonchev–Trinajstić information content (AvgIpc) is 2.54. The van der Waals surface area contributed by atoms with Gasteiger partial charge in [0, 0.05) is 18.0 Å². The van der Waals surface area contributed by atoms with Crippen molar-refractivity contribution < 1.29 is 19.1 Å². The zero-order valence-corrected chi connectivity index (χ0v) is 12.0. The van der Waals surface area contributed by atoms with Gasteiger partial charge in [0.25, 0.3) is 5.91 Å². The van der Waals surface area contributed by atoms with Crippen LogP contribution in [0.5, 0.6) is 5.75 Å². The number of anilines is 1. The van der Waals surface area contributed by atoms with Gasteiger partial charge in [0.1, 0.15) is 5.69 Å². The molecule has 22 heavy (non-hydrogen) atoms. The Morgan fingerprint density at radius 1 is 1.14 bits per heavy atom. The molecule has 0 spiro atoms. The van der Waals surface area contributed by atoms with Gasteiger partial charge in [0.2, 0.25) is 5.43 Å². The minimum atomic E-state index is -0.481. The van der Waals surface area contributed by atoms with Gasteiger partial charge in [0.05, 0.1) is 19.8 Å². The summed E-state index contributed by atoms with van der Waals surface area (Å²) in [6.07, 6.45) is 1.32. The summed E-state index contributed by atoms with van der Waals surface area (Å²) in [4.78, 5) is 37.6. The van der Waals surface area contributed by atoms with Crippen molar-refractivity contribution in [3.63, 3.8) is 0 Å². The molecule has 0 aliphatic rings. The van der Waals surface area contributed by atoms with E-state index >= 15 is 0 Å². The fourth-order valence-corrected chi connectivity index (χ4v) is 1.75. The van der Waals surface area contributed by atoms with Crippen LogP contribution in [0.25, 0.3) is 0 Å². The van der Waals surface area contributed by atoms with Crippen molar-refractivity contribution in [1.29, 1.82) is 0 Å². The quantitative estimate of drug-likeness (QED) is 0.832. The molecule has 7 nitrogen and oxygen atoms in total. The first-order valence-corrected chi connectivity index (χ1v) is 6.31. The van der Waals surface area contributed by atoms with Gasteiger partial charge >= 0.3 is 5.97 Å². The standard InChI is InChI=1S/C15H14N2O5/c1-21-13-8-16-11(7-12(13)18)14(19)17-10-5-3-9(4-6-10)15(20)22-2/h3-8H,1-2H3,(H,16,18)(H,17,19). The van der Waals surface area contributed by atoms with Crippen LogP contribution in [0.4, 0.5) is 5.69 Å². The minimum absolute atomic E-state index is 0.0999. The average molecular weight is 302 g/mol. The number of hydrogen-bond donors (Lipinski definition) is 2. The summed E-state index contributed by atoms with van der Waals surface area (Å²) in [5.74, 6) is -0.818. The number of carbonyl (C=O) groups excluding carboxylic acids is 2. The summed E-state index contributed by atoms with van der Waals surface area (Å²) in [6.45, 7) is 0. The molecule has 1 aromatic heterocycles. The van der Waals surface area contributed by atoms with Crippen molar-refractivity contribution in [3.05, 3.63) is 58.0 Å². The van der Waals surface area contributed by atoms with E-state index in [1.165, 1.54) is 32.5 Å². The molecule has 0 unspecified atom stereocenters. The van der Waals surface area contributed by atoms with Crippen LogP contribution in [0.2, 0.25) is 0 Å². The molecule has 1 amide bonds. The summed E-state index contributed by atoms with van der Waals surface area (Å²) in [5.41, 5.74) is 0.558. The maximum Gasteiger partial charge on any atom is 0.337 e. The summed E-state index contributed by atoms with van der Waals surface area (Å²) in [6, 6.07) is 7.32. The molecule has 1 heterocycles. The van der Waals surface area contributed by atoms with Crippen LogP contribution in [0.3, 0.4) is 0 Å². The van der Waals surface area contributed by atoms with Crippen molar-refractivity contribution >= 4 is 17.6 Å². The largest absolute Gasteiger partial charge is 0.491 e. The van der Waals surface area contributed by atoms with E-state index in [1.807, 2.05) is 0 Å². The number of hydrogen-bond acceptors (Lipinski definition) is 5. The SMILES string of the molecule is COC(=O)c1ccc(NC(=O)c2cc(=O)c(OC)c[nH]2)cc1. The number of nitrogens with one attached hydrogen (secondary N) is 2. The lowest BCUT2D eigenvalue weighted by Gasteiger charge is -2.06. The van der Waals surface area contributed by atoms with E-state index in [0.717, 1.165) is 6.07 Å². The molecule has 0 atom stereocenters. The van der Waals surface area contributed by atoms with E-state index in [0.29, 0.717) is 11.3 Å².